The number of carbonyl (C=O) groups excluding carboxylic acids is 1. The van der Waals surface area contributed by atoms with Gasteiger partial charge in [-0.25, -0.2) is 13.2 Å². The first-order valence-corrected chi connectivity index (χ1v) is 9.44. The molecule has 5 nitrogen and oxygen atoms in total. The minimum absolute atomic E-state index is 0.0691. The van der Waals surface area contributed by atoms with E-state index in [1.165, 1.54) is 0 Å². The number of benzene rings is 1. The summed E-state index contributed by atoms with van der Waals surface area (Å²) in [4.78, 5) is 14.3. The lowest BCUT2D eigenvalue weighted by atomic mass is 9.95. The summed E-state index contributed by atoms with van der Waals surface area (Å²) in [6.45, 7) is 1.29. The first-order chi connectivity index (χ1) is 13.3. The lowest BCUT2D eigenvalue weighted by molar-refractivity contribution is -0.141. The molecule has 1 saturated heterocycles. The van der Waals surface area contributed by atoms with Crippen LogP contribution in [0, 0.1) is 22.2 Å². The molecule has 0 N–H and O–H groups in total. The third-order valence-electron chi connectivity index (χ3n) is 5.79. The van der Waals surface area contributed by atoms with Gasteiger partial charge in [0.2, 0.25) is 5.91 Å². The van der Waals surface area contributed by atoms with Crippen molar-refractivity contribution in [3.05, 3.63) is 51.3 Å². The standard InChI is InChI=1S/C19H20F3N3O2S/c1-23(11-8-27-9-11)16(26)6-14-15-5-10(7-25(15)19(28)24(14)2)17-12(20)3-4-13(21)18(17)22/h3-4,10-11H,5-9H2,1-2H3. The summed E-state index contributed by atoms with van der Waals surface area (Å²) >= 11 is 5.46. The third-order valence-corrected chi connectivity index (χ3v) is 6.29. The van der Waals surface area contributed by atoms with Gasteiger partial charge in [0.25, 0.3) is 0 Å². The Labute approximate surface area is 165 Å². The zero-order valence-corrected chi connectivity index (χ0v) is 16.4. The van der Waals surface area contributed by atoms with Crippen LogP contribution < -0.4 is 0 Å². The molecule has 0 saturated carbocycles. The van der Waals surface area contributed by atoms with Crippen molar-refractivity contribution in [1.82, 2.24) is 14.0 Å². The minimum atomic E-state index is -1.16. The van der Waals surface area contributed by atoms with E-state index in [9.17, 15) is 18.0 Å². The predicted octanol–water partition coefficient (Wildman–Crippen LogP) is 2.71. The van der Waals surface area contributed by atoms with Gasteiger partial charge < -0.3 is 18.8 Å². The van der Waals surface area contributed by atoms with Crippen LogP contribution in [0.3, 0.4) is 0 Å². The predicted molar refractivity (Wildman–Crippen MR) is 98.1 cm³/mol. The highest BCUT2D eigenvalue weighted by molar-refractivity contribution is 7.71. The SMILES string of the molecule is CN(C(=O)Cc1c2n(c(=S)n1C)CC(c1c(F)ccc(F)c1F)C2)C1COC1. The van der Waals surface area contributed by atoms with Crippen molar-refractivity contribution in [1.29, 1.82) is 0 Å². The maximum absolute atomic E-state index is 14.2. The maximum atomic E-state index is 14.2. The molecule has 1 amide bonds. The molecule has 0 radical (unpaired) electrons. The highest BCUT2D eigenvalue weighted by atomic mass is 32.1. The van der Waals surface area contributed by atoms with Gasteiger partial charge in [-0.1, -0.05) is 0 Å². The van der Waals surface area contributed by atoms with Gasteiger partial charge in [-0.3, -0.25) is 4.79 Å². The molecule has 1 unspecified atom stereocenters. The number of fused-ring (bicyclic) bond motifs is 1. The number of imidazole rings is 1. The van der Waals surface area contributed by atoms with E-state index in [0.29, 0.717) is 24.4 Å². The molecule has 0 spiro atoms. The van der Waals surface area contributed by atoms with Crippen LogP contribution in [0.1, 0.15) is 22.9 Å². The Balaban J connectivity index is 1.63. The number of likely N-dealkylation sites (N-methyl/N-ethyl adjacent to an activating group) is 1. The number of ether oxygens (including phenoxy) is 1. The summed E-state index contributed by atoms with van der Waals surface area (Å²) in [5.74, 6) is -3.64. The molecule has 4 rings (SSSR count). The summed E-state index contributed by atoms with van der Waals surface area (Å²) in [6.07, 6.45) is 0.428. The van der Waals surface area contributed by atoms with Gasteiger partial charge in [0.1, 0.15) is 5.82 Å². The van der Waals surface area contributed by atoms with Gasteiger partial charge in [0.05, 0.1) is 25.7 Å². The van der Waals surface area contributed by atoms with Crippen molar-refractivity contribution in [2.75, 3.05) is 20.3 Å². The average Bonchev–Trinajstić information content (AvgIpc) is 3.12. The number of halogens is 3. The fourth-order valence-electron chi connectivity index (χ4n) is 3.95. The molecule has 0 bridgehead atoms. The first kappa shape index (κ1) is 19.2. The van der Waals surface area contributed by atoms with Crippen molar-refractivity contribution in [3.63, 3.8) is 0 Å². The Morgan fingerprint density at radius 3 is 2.61 bits per heavy atom. The van der Waals surface area contributed by atoms with E-state index in [0.717, 1.165) is 23.5 Å². The van der Waals surface area contributed by atoms with Gasteiger partial charge >= 0.3 is 0 Å². The monoisotopic (exact) mass is 411 g/mol. The Hall–Kier alpha value is -2.13. The van der Waals surface area contributed by atoms with Crippen molar-refractivity contribution in [2.24, 2.45) is 7.05 Å². The summed E-state index contributed by atoms with van der Waals surface area (Å²) < 4.78 is 51.3. The molecule has 1 aromatic heterocycles. The molecule has 28 heavy (non-hydrogen) atoms. The number of aromatic nitrogens is 2. The van der Waals surface area contributed by atoms with Crippen molar-refractivity contribution >= 4 is 18.1 Å². The van der Waals surface area contributed by atoms with Gasteiger partial charge in [-0.2, -0.15) is 0 Å². The first-order valence-electron chi connectivity index (χ1n) is 9.03. The largest absolute Gasteiger partial charge is 0.377 e. The second-order valence-corrected chi connectivity index (χ2v) is 7.74. The van der Waals surface area contributed by atoms with Crippen LogP contribution in [-0.2, 0) is 36.0 Å². The van der Waals surface area contributed by atoms with Crippen molar-refractivity contribution in [2.45, 2.75) is 31.3 Å². The second kappa shape index (κ2) is 7.04. The third kappa shape index (κ3) is 2.97. The van der Waals surface area contributed by atoms with Gasteiger partial charge in [0.15, 0.2) is 16.4 Å². The zero-order chi connectivity index (χ0) is 20.2. The summed E-state index contributed by atoms with van der Waals surface area (Å²) in [5, 5.41) is 0. The Morgan fingerprint density at radius 2 is 1.96 bits per heavy atom. The van der Waals surface area contributed by atoms with E-state index < -0.39 is 23.4 Å². The molecule has 2 aliphatic heterocycles. The molecule has 0 aliphatic carbocycles. The van der Waals surface area contributed by atoms with E-state index in [-0.39, 0.29) is 30.5 Å². The smallest absolute Gasteiger partial charge is 0.228 e. The molecule has 9 heteroatoms. The number of hydrogen-bond acceptors (Lipinski definition) is 3. The normalized spacial score (nSPS) is 18.8. The highest BCUT2D eigenvalue weighted by Crippen LogP contribution is 2.36. The number of hydrogen-bond donors (Lipinski definition) is 0. The number of carbonyl (C=O) groups is 1. The fraction of sp³-hybridized carbons (Fsp3) is 0.474. The molecular formula is C19H20F3N3O2S. The van der Waals surface area contributed by atoms with Gasteiger partial charge in [0, 0.05) is 43.5 Å². The average molecular weight is 411 g/mol. The molecule has 150 valence electrons. The van der Waals surface area contributed by atoms with Crippen LogP contribution in [0.5, 0.6) is 0 Å². The van der Waals surface area contributed by atoms with Crippen LogP contribution in [-0.4, -0.2) is 46.2 Å². The van der Waals surface area contributed by atoms with E-state index in [2.05, 4.69) is 0 Å². The summed E-state index contributed by atoms with van der Waals surface area (Å²) in [7, 11) is 3.52. The lowest BCUT2D eigenvalue weighted by Gasteiger charge is -2.34. The number of amides is 1. The van der Waals surface area contributed by atoms with E-state index in [1.54, 1.807) is 28.1 Å². The Kier molecular flexibility index (Phi) is 4.83. The molecule has 1 aromatic carbocycles. The molecular weight excluding hydrogens is 391 g/mol. The summed E-state index contributed by atoms with van der Waals surface area (Å²) in [5.41, 5.74) is 1.23. The molecule has 3 heterocycles. The van der Waals surface area contributed by atoms with Crippen molar-refractivity contribution < 1.29 is 22.7 Å². The van der Waals surface area contributed by atoms with Crippen LogP contribution in [0.2, 0.25) is 0 Å². The van der Waals surface area contributed by atoms with Crippen LogP contribution in [0.15, 0.2) is 12.1 Å². The number of rotatable bonds is 4. The zero-order valence-electron chi connectivity index (χ0n) is 15.5. The van der Waals surface area contributed by atoms with E-state index in [4.69, 9.17) is 17.0 Å². The molecule has 1 fully saturated rings. The molecule has 2 aromatic rings. The van der Waals surface area contributed by atoms with E-state index >= 15 is 0 Å². The molecule has 1 atom stereocenters. The van der Waals surface area contributed by atoms with Crippen molar-refractivity contribution in [3.8, 4) is 0 Å². The topological polar surface area (TPSA) is 39.4 Å². The number of nitrogens with zero attached hydrogens (tertiary/aromatic N) is 3. The maximum Gasteiger partial charge on any atom is 0.228 e. The van der Waals surface area contributed by atoms with Crippen LogP contribution >= 0.6 is 12.2 Å². The highest BCUT2D eigenvalue weighted by Gasteiger charge is 2.34. The second-order valence-electron chi connectivity index (χ2n) is 7.38. The minimum Gasteiger partial charge on any atom is -0.377 e. The fourth-order valence-corrected chi connectivity index (χ4v) is 4.24. The van der Waals surface area contributed by atoms with E-state index in [1.807, 2.05) is 0 Å². The summed E-state index contributed by atoms with van der Waals surface area (Å²) in [6, 6.07) is 1.79. The molecule has 2 aliphatic rings. The van der Waals surface area contributed by atoms with Gasteiger partial charge in [-0.15, -0.1) is 0 Å². The van der Waals surface area contributed by atoms with Crippen LogP contribution in [0.25, 0.3) is 0 Å². The quantitative estimate of drug-likeness (QED) is 0.574. The van der Waals surface area contributed by atoms with Crippen LogP contribution in [0.4, 0.5) is 13.2 Å². The Bertz CT molecular complexity index is 1010. The Morgan fingerprint density at radius 1 is 1.29 bits per heavy atom. The lowest BCUT2D eigenvalue weighted by Crippen LogP contribution is -2.50. The van der Waals surface area contributed by atoms with Gasteiger partial charge in [-0.05, 0) is 30.8 Å².